The second-order valence-corrected chi connectivity index (χ2v) is 6.18. The van der Waals surface area contributed by atoms with Crippen molar-refractivity contribution in [1.82, 2.24) is 15.5 Å². The SMILES string of the molecule is CC(=O)NCCNc1ccc2c(c1)CN(C1CCC(=O)NC1=O)C2=O. The van der Waals surface area contributed by atoms with Crippen LogP contribution in [0.2, 0.25) is 0 Å². The summed E-state index contributed by atoms with van der Waals surface area (Å²) < 4.78 is 0. The third-order valence-corrected chi connectivity index (χ3v) is 4.35. The first-order chi connectivity index (χ1) is 12.0. The second-order valence-electron chi connectivity index (χ2n) is 6.18. The monoisotopic (exact) mass is 344 g/mol. The van der Waals surface area contributed by atoms with Crippen molar-refractivity contribution in [3.05, 3.63) is 29.3 Å². The molecule has 0 radical (unpaired) electrons. The first-order valence-electron chi connectivity index (χ1n) is 8.21. The number of piperidine rings is 1. The van der Waals surface area contributed by atoms with Gasteiger partial charge < -0.3 is 15.5 Å². The zero-order chi connectivity index (χ0) is 18.0. The van der Waals surface area contributed by atoms with Gasteiger partial charge in [-0.2, -0.15) is 0 Å². The van der Waals surface area contributed by atoms with E-state index in [0.717, 1.165) is 11.3 Å². The molecule has 25 heavy (non-hydrogen) atoms. The predicted octanol–water partition coefficient (Wildman–Crippen LogP) is -0.00440. The number of nitrogens with one attached hydrogen (secondary N) is 3. The van der Waals surface area contributed by atoms with Crippen LogP contribution in [0.25, 0.3) is 0 Å². The minimum Gasteiger partial charge on any atom is -0.383 e. The molecule has 3 rings (SSSR count). The maximum Gasteiger partial charge on any atom is 0.255 e. The molecule has 0 aliphatic carbocycles. The Kier molecular flexibility index (Phi) is 4.69. The van der Waals surface area contributed by atoms with E-state index in [1.165, 1.54) is 11.8 Å². The summed E-state index contributed by atoms with van der Waals surface area (Å²) in [6, 6.07) is 4.82. The molecule has 3 N–H and O–H groups in total. The molecule has 2 heterocycles. The smallest absolute Gasteiger partial charge is 0.255 e. The average molecular weight is 344 g/mol. The Bertz CT molecular complexity index is 746. The minimum atomic E-state index is -0.603. The molecular formula is C17H20N4O4. The molecular weight excluding hydrogens is 324 g/mol. The average Bonchev–Trinajstić information content (AvgIpc) is 2.88. The molecule has 1 fully saturated rings. The van der Waals surface area contributed by atoms with Crippen LogP contribution in [0.4, 0.5) is 5.69 Å². The number of amides is 4. The molecule has 2 aliphatic heterocycles. The van der Waals surface area contributed by atoms with Crippen molar-refractivity contribution in [1.29, 1.82) is 0 Å². The number of hydrogen-bond acceptors (Lipinski definition) is 5. The van der Waals surface area contributed by atoms with E-state index in [9.17, 15) is 19.2 Å². The number of hydrogen-bond donors (Lipinski definition) is 3. The second kappa shape index (κ2) is 6.92. The van der Waals surface area contributed by atoms with Gasteiger partial charge in [-0.15, -0.1) is 0 Å². The molecule has 0 bridgehead atoms. The number of carbonyl (C=O) groups excluding carboxylic acids is 4. The Labute approximate surface area is 144 Å². The van der Waals surface area contributed by atoms with Gasteiger partial charge in [0, 0.05) is 44.2 Å². The van der Waals surface area contributed by atoms with Gasteiger partial charge in [-0.3, -0.25) is 24.5 Å². The molecule has 1 saturated heterocycles. The van der Waals surface area contributed by atoms with Crippen molar-refractivity contribution in [3.63, 3.8) is 0 Å². The van der Waals surface area contributed by atoms with Gasteiger partial charge in [-0.05, 0) is 30.2 Å². The Morgan fingerprint density at radius 1 is 1.28 bits per heavy atom. The van der Waals surface area contributed by atoms with Crippen LogP contribution in [0.1, 0.15) is 35.7 Å². The highest BCUT2D eigenvalue weighted by atomic mass is 16.2. The third-order valence-electron chi connectivity index (χ3n) is 4.35. The van der Waals surface area contributed by atoms with E-state index in [-0.39, 0.29) is 24.1 Å². The van der Waals surface area contributed by atoms with Crippen LogP contribution in [0.5, 0.6) is 0 Å². The molecule has 0 aromatic heterocycles. The summed E-state index contributed by atoms with van der Waals surface area (Å²) in [5.74, 6) is -0.974. The van der Waals surface area contributed by atoms with Crippen molar-refractivity contribution in [2.45, 2.75) is 32.4 Å². The first-order valence-corrected chi connectivity index (χ1v) is 8.21. The largest absolute Gasteiger partial charge is 0.383 e. The van der Waals surface area contributed by atoms with Gasteiger partial charge in [0.2, 0.25) is 17.7 Å². The lowest BCUT2D eigenvalue weighted by Crippen LogP contribution is -2.52. The molecule has 2 aliphatic rings. The highest BCUT2D eigenvalue weighted by Gasteiger charge is 2.38. The lowest BCUT2D eigenvalue weighted by molar-refractivity contribution is -0.137. The van der Waals surface area contributed by atoms with Gasteiger partial charge >= 0.3 is 0 Å². The standard InChI is InChI=1S/C17H20N4O4/c1-10(22)18-6-7-19-12-2-3-13-11(8-12)9-21(17(13)25)14-4-5-15(23)20-16(14)24/h2-3,8,14,19H,4-7,9H2,1H3,(H,18,22)(H,20,23,24). The highest BCUT2D eigenvalue weighted by Crippen LogP contribution is 2.29. The number of carbonyl (C=O) groups is 4. The molecule has 0 saturated carbocycles. The van der Waals surface area contributed by atoms with E-state index >= 15 is 0 Å². The summed E-state index contributed by atoms with van der Waals surface area (Å²) in [4.78, 5) is 48.2. The minimum absolute atomic E-state index is 0.0822. The van der Waals surface area contributed by atoms with Crippen molar-refractivity contribution in [2.75, 3.05) is 18.4 Å². The predicted molar refractivity (Wildman–Crippen MR) is 89.7 cm³/mol. The number of rotatable bonds is 5. The lowest BCUT2D eigenvalue weighted by atomic mass is 10.0. The number of anilines is 1. The zero-order valence-electron chi connectivity index (χ0n) is 13.9. The van der Waals surface area contributed by atoms with Crippen molar-refractivity contribution >= 4 is 29.3 Å². The summed E-state index contributed by atoms with van der Waals surface area (Å²) in [6.07, 6.45) is 0.596. The molecule has 132 valence electrons. The van der Waals surface area contributed by atoms with E-state index in [4.69, 9.17) is 0 Å². The van der Waals surface area contributed by atoms with Crippen molar-refractivity contribution in [3.8, 4) is 0 Å². The molecule has 1 aromatic carbocycles. The van der Waals surface area contributed by atoms with Gasteiger partial charge in [-0.25, -0.2) is 0 Å². The normalized spacial score (nSPS) is 19.5. The van der Waals surface area contributed by atoms with Gasteiger partial charge in [0.05, 0.1) is 0 Å². The van der Waals surface area contributed by atoms with Crippen LogP contribution in [0.3, 0.4) is 0 Å². The lowest BCUT2D eigenvalue weighted by Gasteiger charge is -2.29. The Morgan fingerprint density at radius 3 is 2.80 bits per heavy atom. The Morgan fingerprint density at radius 2 is 2.08 bits per heavy atom. The van der Waals surface area contributed by atoms with E-state index in [1.807, 2.05) is 6.07 Å². The fourth-order valence-corrected chi connectivity index (χ4v) is 3.13. The van der Waals surface area contributed by atoms with Gasteiger partial charge in [-0.1, -0.05) is 0 Å². The van der Waals surface area contributed by atoms with Crippen molar-refractivity contribution < 1.29 is 19.2 Å². The first kappa shape index (κ1) is 16.9. The Balaban J connectivity index is 1.66. The van der Waals surface area contributed by atoms with E-state index in [0.29, 0.717) is 31.6 Å². The summed E-state index contributed by atoms with van der Waals surface area (Å²) in [7, 11) is 0. The zero-order valence-corrected chi connectivity index (χ0v) is 13.9. The van der Waals surface area contributed by atoms with E-state index in [1.54, 1.807) is 12.1 Å². The quantitative estimate of drug-likeness (QED) is 0.515. The summed E-state index contributed by atoms with van der Waals surface area (Å²) in [6.45, 7) is 2.89. The van der Waals surface area contributed by atoms with E-state index < -0.39 is 11.9 Å². The number of benzene rings is 1. The van der Waals surface area contributed by atoms with Gasteiger partial charge in [0.25, 0.3) is 5.91 Å². The molecule has 8 heteroatoms. The van der Waals surface area contributed by atoms with Crippen LogP contribution < -0.4 is 16.0 Å². The maximum absolute atomic E-state index is 12.6. The summed E-state index contributed by atoms with van der Waals surface area (Å²) in [5.41, 5.74) is 2.28. The van der Waals surface area contributed by atoms with Crippen LogP contribution in [0, 0.1) is 0 Å². The highest BCUT2D eigenvalue weighted by molar-refractivity contribution is 6.05. The number of imide groups is 1. The fourth-order valence-electron chi connectivity index (χ4n) is 3.13. The summed E-state index contributed by atoms with van der Waals surface area (Å²) in [5, 5.41) is 8.17. The third kappa shape index (κ3) is 3.62. The summed E-state index contributed by atoms with van der Waals surface area (Å²) >= 11 is 0. The van der Waals surface area contributed by atoms with Crippen LogP contribution in [0.15, 0.2) is 18.2 Å². The number of fused-ring (bicyclic) bond motifs is 1. The van der Waals surface area contributed by atoms with E-state index in [2.05, 4.69) is 16.0 Å². The van der Waals surface area contributed by atoms with Crippen LogP contribution >= 0.6 is 0 Å². The fraction of sp³-hybridized carbons (Fsp3) is 0.412. The van der Waals surface area contributed by atoms with Crippen LogP contribution in [-0.2, 0) is 20.9 Å². The van der Waals surface area contributed by atoms with Crippen molar-refractivity contribution in [2.24, 2.45) is 0 Å². The molecule has 1 unspecified atom stereocenters. The molecule has 1 aromatic rings. The molecule has 0 spiro atoms. The van der Waals surface area contributed by atoms with Crippen LogP contribution in [-0.4, -0.2) is 47.7 Å². The Hall–Kier alpha value is -2.90. The number of nitrogens with zero attached hydrogens (tertiary/aromatic N) is 1. The molecule has 8 nitrogen and oxygen atoms in total. The molecule has 1 atom stereocenters. The topological polar surface area (TPSA) is 108 Å². The van der Waals surface area contributed by atoms with Gasteiger partial charge in [0.15, 0.2) is 0 Å². The maximum atomic E-state index is 12.6. The van der Waals surface area contributed by atoms with Gasteiger partial charge in [0.1, 0.15) is 6.04 Å². The molecule has 4 amide bonds.